The van der Waals surface area contributed by atoms with Gasteiger partial charge in [0.15, 0.2) is 0 Å². The third kappa shape index (κ3) is 5.30. The monoisotopic (exact) mass is 494 g/mol. The highest BCUT2D eigenvalue weighted by Gasteiger charge is 2.28. The molecule has 0 atom stereocenters. The first-order chi connectivity index (χ1) is 16.8. The minimum absolute atomic E-state index is 0.0618. The van der Waals surface area contributed by atoms with Crippen LogP contribution in [0.25, 0.3) is 0 Å². The van der Waals surface area contributed by atoms with Gasteiger partial charge >= 0.3 is 0 Å². The Labute approximate surface area is 202 Å². The maximum Gasteiger partial charge on any atom is 0.270 e. The summed E-state index contributed by atoms with van der Waals surface area (Å²) in [6, 6.07) is 19.7. The van der Waals surface area contributed by atoms with Crippen molar-refractivity contribution in [2.24, 2.45) is 0 Å². The van der Waals surface area contributed by atoms with Crippen LogP contribution >= 0.6 is 0 Å². The summed E-state index contributed by atoms with van der Waals surface area (Å²) in [5.74, 6) is -0.489. The third-order valence-corrected chi connectivity index (χ3v) is 6.98. The first-order valence-electron chi connectivity index (χ1n) is 10.8. The molecule has 1 aliphatic heterocycles. The van der Waals surface area contributed by atoms with Crippen molar-refractivity contribution in [3.8, 4) is 0 Å². The van der Waals surface area contributed by atoms with Crippen molar-refractivity contribution < 1.29 is 22.9 Å². The molecule has 0 radical (unpaired) electrons. The lowest BCUT2D eigenvalue weighted by Gasteiger charge is -2.35. The van der Waals surface area contributed by atoms with E-state index in [0.29, 0.717) is 31.7 Å². The summed E-state index contributed by atoms with van der Waals surface area (Å²) in [5, 5.41) is 11.0. The molecule has 180 valence electrons. The molecule has 35 heavy (non-hydrogen) atoms. The molecule has 3 aromatic rings. The van der Waals surface area contributed by atoms with Gasteiger partial charge in [0.25, 0.3) is 27.5 Å². The molecule has 1 heterocycles. The van der Waals surface area contributed by atoms with Crippen LogP contribution in [0.5, 0.6) is 0 Å². The van der Waals surface area contributed by atoms with Gasteiger partial charge in [0, 0.05) is 43.9 Å². The number of non-ortho nitro benzene ring substituents is 1. The molecular formula is C24H22N4O6S. The zero-order chi connectivity index (χ0) is 25.0. The van der Waals surface area contributed by atoms with E-state index in [1.54, 1.807) is 46.2 Å². The number of hydrogen-bond acceptors (Lipinski definition) is 6. The highest BCUT2D eigenvalue weighted by Crippen LogP contribution is 2.24. The molecule has 11 heteroatoms. The SMILES string of the molecule is O=C(c1ccccc1)N1CCN(C(=O)c2ccccc2NS(=O)(=O)c2cccc([N+](=O)[O-])c2)CC1. The van der Waals surface area contributed by atoms with E-state index < -0.39 is 14.9 Å². The lowest BCUT2D eigenvalue weighted by atomic mass is 10.1. The highest BCUT2D eigenvalue weighted by atomic mass is 32.2. The average Bonchev–Trinajstić information content (AvgIpc) is 2.88. The van der Waals surface area contributed by atoms with Crippen molar-refractivity contribution in [3.05, 3.63) is 100 Å². The maximum absolute atomic E-state index is 13.2. The van der Waals surface area contributed by atoms with E-state index in [2.05, 4.69) is 4.72 Å². The van der Waals surface area contributed by atoms with Crippen LogP contribution in [0.4, 0.5) is 11.4 Å². The number of rotatable bonds is 6. The van der Waals surface area contributed by atoms with Crippen molar-refractivity contribution in [3.63, 3.8) is 0 Å². The molecule has 0 aromatic heterocycles. The second-order valence-electron chi connectivity index (χ2n) is 7.86. The predicted octanol–water partition coefficient (Wildman–Crippen LogP) is 2.99. The second-order valence-corrected chi connectivity index (χ2v) is 9.54. The number of para-hydroxylation sites is 1. The lowest BCUT2D eigenvalue weighted by Crippen LogP contribution is -2.50. The Morgan fingerprint density at radius 3 is 2.06 bits per heavy atom. The fourth-order valence-corrected chi connectivity index (χ4v) is 4.89. The van der Waals surface area contributed by atoms with Gasteiger partial charge in [-0.2, -0.15) is 0 Å². The second kappa shape index (κ2) is 9.94. The smallest absolute Gasteiger partial charge is 0.270 e. The van der Waals surface area contributed by atoms with E-state index in [-0.39, 0.29) is 33.6 Å². The van der Waals surface area contributed by atoms with E-state index >= 15 is 0 Å². The standard InChI is InChI=1S/C24H22N4O6S/c29-23(18-7-2-1-3-8-18)26-13-15-27(16-14-26)24(30)21-11-4-5-12-22(21)25-35(33,34)20-10-6-9-19(17-20)28(31)32/h1-12,17,25H,13-16H2. The first-order valence-corrected chi connectivity index (χ1v) is 12.2. The summed E-state index contributed by atoms with van der Waals surface area (Å²) in [5.41, 5.74) is 0.421. The van der Waals surface area contributed by atoms with Gasteiger partial charge in [-0.25, -0.2) is 8.42 Å². The molecule has 0 aliphatic carbocycles. The van der Waals surface area contributed by atoms with Crippen LogP contribution in [0.3, 0.4) is 0 Å². The van der Waals surface area contributed by atoms with Gasteiger partial charge in [-0.3, -0.25) is 24.4 Å². The van der Waals surface area contributed by atoms with Crippen molar-refractivity contribution in [1.82, 2.24) is 9.80 Å². The summed E-state index contributed by atoms with van der Waals surface area (Å²) in [6.07, 6.45) is 0. The van der Waals surface area contributed by atoms with Crippen LogP contribution in [-0.4, -0.2) is 61.1 Å². The third-order valence-electron chi connectivity index (χ3n) is 5.62. The summed E-state index contributed by atoms with van der Waals surface area (Å²) < 4.78 is 28.1. The van der Waals surface area contributed by atoms with Crippen LogP contribution in [0.15, 0.2) is 83.8 Å². The number of nitrogens with one attached hydrogen (secondary N) is 1. The van der Waals surface area contributed by atoms with Gasteiger partial charge in [0.1, 0.15) is 0 Å². The number of amides is 2. The minimum atomic E-state index is -4.18. The first kappa shape index (κ1) is 23.9. The quantitative estimate of drug-likeness (QED) is 0.414. The number of anilines is 1. The van der Waals surface area contributed by atoms with Crippen molar-refractivity contribution in [2.75, 3.05) is 30.9 Å². The van der Waals surface area contributed by atoms with Crippen molar-refractivity contribution in [1.29, 1.82) is 0 Å². The number of sulfonamides is 1. The zero-order valence-corrected chi connectivity index (χ0v) is 19.3. The van der Waals surface area contributed by atoms with E-state index in [4.69, 9.17) is 0 Å². The zero-order valence-electron chi connectivity index (χ0n) is 18.5. The van der Waals surface area contributed by atoms with Crippen LogP contribution in [-0.2, 0) is 10.0 Å². The fraction of sp³-hybridized carbons (Fsp3) is 0.167. The number of nitro benzene ring substituents is 1. The molecule has 1 N–H and O–H groups in total. The van der Waals surface area contributed by atoms with Crippen LogP contribution in [0, 0.1) is 10.1 Å². The Morgan fingerprint density at radius 1 is 0.800 bits per heavy atom. The topological polar surface area (TPSA) is 130 Å². The minimum Gasteiger partial charge on any atom is -0.335 e. The Hall–Kier alpha value is -4.25. The van der Waals surface area contributed by atoms with Gasteiger partial charge in [-0.15, -0.1) is 0 Å². The average molecular weight is 495 g/mol. The number of nitro groups is 1. The van der Waals surface area contributed by atoms with Crippen LogP contribution < -0.4 is 4.72 Å². The van der Waals surface area contributed by atoms with Crippen LogP contribution in [0.1, 0.15) is 20.7 Å². The molecule has 10 nitrogen and oxygen atoms in total. The lowest BCUT2D eigenvalue weighted by molar-refractivity contribution is -0.385. The van der Waals surface area contributed by atoms with E-state index in [0.717, 1.165) is 6.07 Å². The van der Waals surface area contributed by atoms with Crippen LogP contribution in [0.2, 0.25) is 0 Å². The molecule has 1 fully saturated rings. The van der Waals surface area contributed by atoms with E-state index in [1.807, 2.05) is 6.07 Å². The highest BCUT2D eigenvalue weighted by molar-refractivity contribution is 7.92. The van der Waals surface area contributed by atoms with Gasteiger partial charge in [-0.05, 0) is 30.3 Å². The molecule has 2 amide bonds. The van der Waals surface area contributed by atoms with E-state index in [1.165, 1.54) is 30.3 Å². The molecule has 0 saturated carbocycles. The molecule has 0 spiro atoms. The Balaban J connectivity index is 1.48. The molecule has 0 unspecified atom stereocenters. The van der Waals surface area contributed by atoms with Crippen molar-refractivity contribution >= 4 is 33.2 Å². The van der Waals surface area contributed by atoms with Gasteiger partial charge < -0.3 is 9.80 Å². The summed E-state index contributed by atoms with van der Waals surface area (Å²) in [6.45, 7) is 1.29. The molecule has 3 aromatic carbocycles. The number of carbonyl (C=O) groups excluding carboxylic acids is 2. The molecule has 4 rings (SSSR count). The number of carbonyl (C=O) groups is 2. The normalized spacial score (nSPS) is 13.8. The number of nitrogens with zero attached hydrogens (tertiary/aromatic N) is 3. The number of hydrogen-bond donors (Lipinski definition) is 1. The molecule has 1 saturated heterocycles. The Bertz CT molecular complexity index is 1370. The predicted molar refractivity (Wildman–Crippen MR) is 129 cm³/mol. The largest absolute Gasteiger partial charge is 0.335 e. The number of piperazine rings is 1. The fourth-order valence-electron chi connectivity index (χ4n) is 3.77. The van der Waals surface area contributed by atoms with Crippen molar-refractivity contribution in [2.45, 2.75) is 4.90 Å². The Kier molecular flexibility index (Phi) is 6.78. The van der Waals surface area contributed by atoms with Gasteiger partial charge in [0.2, 0.25) is 0 Å². The molecule has 1 aliphatic rings. The summed E-state index contributed by atoms with van der Waals surface area (Å²) >= 11 is 0. The maximum atomic E-state index is 13.2. The molecule has 0 bridgehead atoms. The summed E-state index contributed by atoms with van der Waals surface area (Å²) in [7, 11) is -4.18. The molecular weight excluding hydrogens is 472 g/mol. The van der Waals surface area contributed by atoms with Gasteiger partial charge in [-0.1, -0.05) is 36.4 Å². The number of benzene rings is 3. The van der Waals surface area contributed by atoms with E-state index in [9.17, 15) is 28.1 Å². The summed E-state index contributed by atoms with van der Waals surface area (Å²) in [4.78, 5) is 39.2. The Morgan fingerprint density at radius 2 is 1.40 bits per heavy atom. The van der Waals surface area contributed by atoms with Gasteiger partial charge in [0.05, 0.1) is 21.1 Å².